The van der Waals surface area contributed by atoms with Crippen molar-refractivity contribution in [2.75, 3.05) is 5.32 Å². The van der Waals surface area contributed by atoms with Crippen LogP contribution in [0.5, 0.6) is 0 Å². The smallest absolute Gasteiger partial charge is 0.154 e. The first kappa shape index (κ1) is 16.0. The van der Waals surface area contributed by atoms with E-state index in [9.17, 15) is 5.11 Å². The molecule has 3 heterocycles. The summed E-state index contributed by atoms with van der Waals surface area (Å²) in [6.45, 7) is 3.98. The summed E-state index contributed by atoms with van der Waals surface area (Å²) in [6, 6.07) is 15.5. The molecule has 3 atom stereocenters. The van der Waals surface area contributed by atoms with Gasteiger partial charge in [-0.2, -0.15) is 5.10 Å². The van der Waals surface area contributed by atoms with Crippen LogP contribution in [0.25, 0.3) is 11.0 Å². The van der Waals surface area contributed by atoms with Gasteiger partial charge in [-0.25, -0.2) is 4.68 Å². The number of H-pyrrole nitrogens is 1. The molecule has 2 aromatic heterocycles. The summed E-state index contributed by atoms with van der Waals surface area (Å²) in [7, 11) is 0. The second kappa shape index (κ2) is 5.92. The number of aromatic amines is 1. The fraction of sp³-hybridized carbons (Fsp3) is 0.250. The number of hydrogen-bond donors (Lipinski definition) is 3. The molecule has 1 aliphatic heterocycles. The Kier molecular flexibility index (Phi) is 3.51. The highest BCUT2D eigenvalue weighted by molar-refractivity contribution is 5.74. The lowest BCUT2D eigenvalue weighted by Crippen LogP contribution is -2.34. The van der Waals surface area contributed by atoms with Gasteiger partial charge in [0.05, 0.1) is 11.6 Å². The van der Waals surface area contributed by atoms with Crippen molar-refractivity contribution in [3.05, 3.63) is 70.9 Å². The molecule has 0 bridgehead atoms. The van der Waals surface area contributed by atoms with E-state index >= 15 is 0 Å². The van der Waals surface area contributed by atoms with Gasteiger partial charge in [-0.05, 0) is 31.5 Å². The fourth-order valence-electron chi connectivity index (χ4n) is 4.02. The molecule has 2 aromatic carbocycles. The van der Waals surface area contributed by atoms with Gasteiger partial charge in [0, 0.05) is 11.3 Å². The van der Waals surface area contributed by atoms with Crippen molar-refractivity contribution < 1.29 is 5.11 Å². The molecule has 27 heavy (non-hydrogen) atoms. The molecule has 0 unspecified atom stereocenters. The van der Waals surface area contributed by atoms with Crippen LogP contribution < -0.4 is 5.32 Å². The Morgan fingerprint density at radius 1 is 1.07 bits per heavy atom. The van der Waals surface area contributed by atoms with Gasteiger partial charge in [-0.1, -0.05) is 47.2 Å². The van der Waals surface area contributed by atoms with E-state index in [2.05, 4.69) is 50.9 Å². The van der Waals surface area contributed by atoms with Crippen molar-refractivity contribution in [1.29, 1.82) is 0 Å². The molecule has 0 spiro atoms. The first-order valence-electron chi connectivity index (χ1n) is 8.99. The third-order valence-corrected chi connectivity index (χ3v) is 5.31. The summed E-state index contributed by atoms with van der Waals surface area (Å²) in [5.41, 5.74) is 5.57. The van der Waals surface area contributed by atoms with Gasteiger partial charge in [-0.15, -0.1) is 5.10 Å². The minimum Gasteiger partial charge on any atom is -0.386 e. The SMILES string of the molecule is Cc1cccc([C@H]2Nc3n[nH]c(C)c3[C@@H](O)[C@@H]2n2nnc3ccccc32)c1. The van der Waals surface area contributed by atoms with Crippen molar-refractivity contribution in [2.24, 2.45) is 0 Å². The van der Waals surface area contributed by atoms with Crippen molar-refractivity contribution in [3.63, 3.8) is 0 Å². The van der Waals surface area contributed by atoms with Crippen LogP contribution >= 0.6 is 0 Å². The van der Waals surface area contributed by atoms with Crippen LogP contribution in [0.1, 0.15) is 40.6 Å². The number of aryl methyl sites for hydroxylation is 2. The van der Waals surface area contributed by atoms with E-state index in [1.165, 1.54) is 0 Å². The lowest BCUT2D eigenvalue weighted by atomic mass is 9.87. The van der Waals surface area contributed by atoms with Crippen LogP contribution in [0.4, 0.5) is 5.82 Å². The lowest BCUT2D eigenvalue weighted by molar-refractivity contribution is 0.0901. The maximum Gasteiger partial charge on any atom is 0.154 e. The van der Waals surface area contributed by atoms with E-state index in [0.717, 1.165) is 33.4 Å². The molecular formula is C20H20N6O. The highest BCUT2D eigenvalue weighted by atomic mass is 16.3. The summed E-state index contributed by atoms with van der Waals surface area (Å²) in [5.74, 6) is 0.687. The predicted octanol–water partition coefficient (Wildman–Crippen LogP) is 3.21. The number of fused-ring (bicyclic) bond motifs is 2. The molecule has 0 saturated heterocycles. The zero-order chi connectivity index (χ0) is 18.5. The normalized spacial score (nSPS) is 21.8. The summed E-state index contributed by atoms with van der Waals surface area (Å²) in [4.78, 5) is 0. The fourth-order valence-corrected chi connectivity index (χ4v) is 4.02. The number of anilines is 1. The van der Waals surface area contributed by atoms with Crippen LogP contribution in [-0.2, 0) is 0 Å². The van der Waals surface area contributed by atoms with Crippen LogP contribution in [0.15, 0.2) is 48.5 Å². The number of hydrogen-bond acceptors (Lipinski definition) is 5. The zero-order valence-corrected chi connectivity index (χ0v) is 15.1. The molecule has 0 aliphatic carbocycles. The lowest BCUT2D eigenvalue weighted by Gasteiger charge is -2.37. The number of nitrogens with one attached hydrogen (secondary N) is 2. The number of aromatic nitrogens is 5. The standard InChI is InChI=1S/C20H20N6O/c1-11-6-5-7-13(10-11)17-18(19(27)16-12(2)22-24-20(16)21-17)26-15-9-4-3-8-14(15)23-25-26/h3-10,17-19,27H,1-2H3,(H2,21,22,24)/t17-,18-,19-/m1/s1. The maximum atomic E-state index is 11.3. The van der Waals surface area contributed by atoms with Gasteiger partial charge in [0.15, 0.2) is 5.82 Å². The molecule has 136 valence electrons. The topological polar surface area (TPSA) is 91.7 Å². The Hall–Kier alpha value is -3.19. The highest BCUT2D eigenvalue weighted by Crippen LogP contribution is 2.46. The van der Waals surface area contributed by atoms with Crippen LogP contribution in [0.3, 0.4) is 0 Å². The summed E-state index contributed by atoms with van der Waals surface area (Å²) in [5, 5.41) is 30.8. The number of benzene rings is 2. The summed E-state index contributed by atoms with van der Waals surface area (Å²) >= 11 is 0. The molecule has 0 radical (unpaired) electrons. The quantitative estimate of drug-likeness (QED) is 0.510. The second-order valence-electron chi connectivity index (χ2n) is 7.11. The van der Waals surface area contributed by atoms with E-state index in [1.807, 2.05) is 41.9 Å². The van der Waals surface area contributed by atoms with Crippen molar-refractivity contribution >= 4 is 16.9 Å². The Morgan fingerprint density at radius 3 is 2.78 bits per heavy atom. The van der Waals surface area contributed by atoms with Gasteiger partial charge >= 0.3 is 0 Å². The summed E-state index contributed by atoms with van der Waals surface area (Å²) in [6.07, 6.45) is -0.768. The summed E-state index contributed by atoms with van der Waals surface area (Å²) < 4.78 is 1.83. The number of rotatable bonds is 2. The van der Waals surface area contributed by atoms with Crippen molar-refractivity contribution in [1.82, 2.24) is 25.2 Å². The van der Waals surface area contributed by atoms with Gasteiger partial charge in [0.1, 0.15) is 17.7 Å². The minimum atomic E-state index is -0.768. The van der Waals surface area contributed by atoms with Crippen LogP contribution in [-0.4, -0.2) is 30.3 Å². The molecule has 4 aromatic rings. The van der Waals surface area contributed by atoms with E-state index in [0.29, 0.717) is 5.82 Å². The Bertz CT molecular complexity index is 1130. The Balaban J connectivity index is 1.72. The average molecular weight is 360 g/mol. The Labute approximate surface area is 156 Å². The zero-order valence-electron chi connectivity index (χ0n) is 15.1. The molecule has 7 heteroatoms. The molecule has 0 amide bonds. The number of aliphatic hydroxyl groups is 1. The van der Waals surface area contributed by atoms with E-state index in [4.69, 9.17) is 0 Å². The van der Waals surface area contributed by atoms with Gasteiger partial charge in [0.2, 0.25) is 0 Å². The van der Waals surface area contributed by atoms with Gasteiger partial charge < -0.3 is 10.4 Å². The van der Waals surface area contributed by atoms with Gasteiger partial charge in [0.25, 0.3) is 0 Å². The van der Waals surface area contributed by atoms with Crippen molar-refractivity contribution in [3.8, 4) is 0 Å². The van der Waals surface area contributed by atoms with E-state index in [-0.39, 0.29) is 12.1 Å². The molecule has 0 saturated carbocycles. The van der Waals surface area contributed by atoms with Crippen molar-refractivity contribution in [2.45, 2.75) is 32.0 Å². The number of aliphatic hydroxyl groups excluding tert-OH is 1. The first-order chi connectivity index (χ1) is 13.1. The van der Waals surface area contributed by atoms with Gasteiger partial charge in [-0.3, -0.25) is 5.10 Å². The third kappa shape index (κ3) is 2.43. The van der Waals surface area contributed by atoms with E-state index < -0.39 is 6.10 Å². The number of nitrogens with zero attached hydrogens (tertiary/aromatic N) is 4. The van der Waals surface area contributed by atoms with E-state index in [1.54, 1.807) is 0 Å². The maximum absolute atomic E-state index is 11.3. The average Bonchev–Trinajstić information content (AvgIpc) is 3.26. The largest absolute Gasteiger partial charge is 0.386 e. The predicted molar refractivity (Wildman–Crippen MR) is 102 cm³/mol. The minimum absolute atomic E-state index is 0.194. The second-order valence-corrected chi connectivity index (χ2v) is 7.11. The Morgan fingerprint density at radius 2 is 1.93 bits per heavy atom. The highest BCUT2D eigenvalue weighted by Gasteiger charge is 2.41. The molecular weight excluding hydrogens is 340 g/mol. The third-order valence-electron chi connectivity index (χ3n) is 5.31. The van der Waals surface area contributed by atoms with Crippen LogP contribution in [0.2, 0.25) is 0 Å². The van der Waals surface area contributed by atoms with Crippen LogP contribution in [0, 0.1) is 13.8 Å². The monoisotopic (exact) mass is 360 g/mol. The molecule has 1 aliphatic rings. The molecule has 7 nitrogen and oxygen atoms in total. The molecule has 5 rings (SSSR count). The molecule has 0 fully saturated rings. The first-order valence-corrected chi connectivity index (χ1v) is 8.99. The molecule has 3 N–H and O–H groups in total. The number of para-hydroxylation sites is 1.